The fourth-order valence-electron chi connectivity index (χ4n) is 3.95. The number of methoxy groups -OCH3 is 1. The van der Waals surface area contributed by atoms with Gasteiger partial charge in [0.2, 0.25) is 11.8 Å². The van der Waals surface area contributed by atoms with Crippen molar-refractivity contribution in [2.45, 2.75) is 44.7 Å². The summed E-state index contributed by atoms with van der Waals surface area (Å²) in [5, 5.41) is 3.22. The maximum absolute atomic E-state index is 13.9. The van der Waals surface area contributed by atoms with Crippen LogP contribution in [0.15, 0.2) is 77.7 Å². The number of hydrogen-bond acceptors (Lipinski definition) is 5. The van der Waals surface area contributed by atoms with Crippen LogP contribution >= 0.6 is 11.6 Å². The van der Waals surface area contributed by atoms with Crippen LogP contribution in [0.4, 0.5) is 5.69 Å². The molecule has 0 saturated heterocycles. The van der Waals surface area contributed by atoms with E-state index in [1.165, 1.54) is 29.2 Å². The molecule has 3 aromatic carbocycles. The number of carbonyl (C=O) groups is 2. The molecular weight excluding hydrogens is 538 g/mol. The monoisotopic (exact) mass is 571 g/mol. The number of rotatable bonds is 12. The highest BCUT2D eigenvalue weighted by Gasteiger charge is 2.32. The molecule has 0 heterocycles. The topological polar surface area (TPSA) is 96.0 Å². The maximum Gasteiger partial charge on any atom is 0.264 e. The average Bonchev–Trinajstić information content (AvgIpc) is 2.93. The molecule has 0 bridgehead atoms. The Morgan fingerprint density at radius 2 is 1.69 bits per heavy atom. The zero-order valence-corrected chi connectivity index (χ0v) is 24.1. The molecule has 0 aliphatic carbocycles. The molecule has 0 aliphatic heterocycles. The number of carbonyl (C=O) groups excluding carboxylic acids is 2. The van der Waals surface area contributed by atoms with Gasteiger partial charge in [0.15, 0.2) is 0 Å². The summed E-state index contributed by atoms with van der Waals surface area (Å²) >= 11 is 5.99. The maximum atomic E-state index is 13.9. The van der Waals surface area contributed by atoms with Crippen LogP contribution in [0, 0.1) is 6.92 Å². The van der Waals surface area contributed by atoms with Crippen molar-refractivity contribution in [3.8, 4) is 5.75 Å². The van der Waals surface area contributed by atoms with Crippen molar-refractivity contribution in [3.05, 3.63) is 88.9 Å². The van der Waals surface area contributed by atoms with E-state index >= 15 is 0 Å². The molecule has 1 atom stereocenters. The first-order valence-electron chi connectivity index (χ1n) is 12.6. The second-order valence-electron chi connectivity index (χ2n) is 9.14. The standard InChI is InChI=1S/C29H34ClN3O5S/c1-5-17-31-29(35)22(3)32(19-23-9-13-26(38-4)14-10-23)28(34)20-33(25-8-6-7-21(2)18-25)39(36,37)27-15-11-24(30)12-16-27/h6-16,18,22H,5,17,19-20H2,1-4H3,(H,31,35)/t22-/m0/s1. The molecule has 3 rings (SSSR count). The summed E-state index contributed by atoms with van der Waals surface area (Å²) in [5.74, 6) is -0.185. The number of amides is 2. The summed E-state index contributed by atoms with van der Waals surface area (Å²) in [5.41, 5.74) is 1.94. The lowest BCUT2D eigenvalue weighted by atomic mass is 10.1. The molecule has 0 aromatic heterocycles. The van der Waals surface area contributed by atoms with Gasteiger partial charge >= 0.3 is 0 Å². The normalized spacial score (nSPS) is 11.9. The molecular formula is C29H34ClN3O5S. The zero-order valence-electron chi connectivity index (χ0n) is 22.6. The molecule has 0 unspecified atom stereocenters. The summed E-state index contributed by atoms with van der Waals surface area (Å²) in [6.07, 6.45) is 0.741. The number of halogens is 1. The highest BCUT2D eigenvalue weighted by Crippen LogP contribution is 2.26. The van der Waals surface area contributed by atoms with E-state index in [1.54, 1.807) is 56.5 Å². The third-order valence-electron chi connectivity index (χ3n) is 6.20. The van der Waals surface area contributed by atoms with Gasteiger partial charge < -0.3 is 15.0 Å². The number of anilines is 1. The molecule has 0 radical (unpaired) electrons. The number of hydrogen-bond donors (Lipinski definition) is 1. The minimum absolute atomic E-state index is 0.00310. The summed E-state index contributed by atoms with van der Waals surface area (Å²) in [6, 6.07) is 19.0. The van der Waals surface area contributed by atoms with Crippen LogP contribution in [-0.2, 0) is 26.2 Å². The second-order valence-corrected chi connectivity index (χ2v) is 11.4. The van der Waals surface area contributed by atoms with E-state index < -0.39 is 28.5 Å². The smallest absolute Gasteiger partial charge is 0.264 e. The number of nitrogens with zero attached hydrogens (tertiary/aromatic N) is 2. The largest absolute Gasteiger partial charge is 0.497 e. The molecule has 39 heavy (non-hydrogen) atoms. The lowest BCUT2D eigenvalue weighted by Gasteiger charge is -2.32. The summed E-state index contributed by atoms with van der Waals surface area (Å²) < 4.78 is 33.9. The summed E-state index contributed by atoms with van der Waals surface area (Å²) in [4.78, 5) is 28.2. The molecule has 208 valence electrons. The zero-order chi connectivity index (χ0) is 28.6. The van der Waals surface area contributed by atoms with Crippen LogP contribution in [0.5, 0.6) is 5.75 Å². The Balaban J connectivity index is 2.01. The molecule has 3 aromatic rings. The van der Waals surface area contributed by atoms with Crippen LogP contribution < -0.4 is 14.4 Å². The van der Waals surface area contributed by atoms with E-state index in [9.17, 15) is 18.0 Å². The Morgan fingerprint density at radius 3 is 2.28 bits per heavy atom. The van der Waals surface area contributed by atoms with Crippen LogP contribution in [-0.4, -0.2) is 51.4 Å². The van der Waals surface area contributed by atoms with E-state index in [2.05, 4.69) is 5.32 Å². The molecule has 2 amide bonds. The van der Waals surface area contributed by atoms with Crippen molar-refractivity contribution in [1.29, 1.82) is 0 Å². The van der Waals surface area contributed by atoms with Crippen LogP contribution in [0.25, 0.3) is 0 Å². The first-order valence-corrected chi connectivity index (χ1v) is 14.4. The van der Waals surface area contributed by atoms with E-state index in [1.807, 2.05) is 19.9 Å². The van der Waals surface area contributed by atoms with Crippen molar-refractivity contribution < 1.29 is 22.7 Å². The molecule has 1 N–H and O–H groups in total. The Kier molecular flexibility index (Phi) is 10.4. The Labute approximate surface area is 235 Å². The van der Waals surface area contributed by atoms with Gasteiger partial charge in [-0.25, -0.2) is 8.42 Å². The number of nitrogens with one attached hydrogen (secondary N) is 1. The van der Waals surface area contributed by atoms with Gasteiger partial charge in [0, 0.05) is 18.1 Å². The number of ether oxygens (including phenoxy) is 1. The van der Waals surface area contributed by atoms with Crippen molar-refractivity contribution in [3.63, 3.8) is 0 Å². The first-order chi connectivity index (χ1) is 18.6. The van der Waals surface area contributed by atoms with Gasteiger partial charge in [0.1, 0.15) is 18.3 Å². The summed E-state index contributed by atoms with van der Waals surface area (Å²) in [7, 11) is -2.59. The minimum atomic E-state index is -4.15. The van der Waals surface area contributed by atoms with E-state index in [0.717, 1.165) is 21.9 Å². The van der Waals surface area contributed by atoms with Gasteiger partial charge in [-0.1, -0.05) is 42.8 Å². The van der Waals surface area contributed by atoms with Crippen LogP contribution in [0.1, 0.15) is 31.4 Å². The lowest BCUT2D eigenvalue weighted by Crippen LogP contribution is -2.51. The van der Waals surface area contributed by atoms with E-state index in [4.69, 9.17) is 16.3 Å². The predicted molar refractivity (Wildman–Crippen MR) is 153 cm³/mol. The van der Waals surface area contributed by atoms with Crippen LogP contribution in [0.3, 0.4) is 0 Å². The van der Waals surface area contributed by atoms with Crippen molar-refractivity contribution in [2.24, 2.45) is 0 Å². The molecule has 0 saturated carbocycles. The SMILES string of the molecule is CCCNC(=O)[C@H](C)N(Cc1ccc(OC)cc1)C(=O)CN(c1cccc(C)c1)S(=O)(=O)c1ccc(Cl)cc1. The second kappa shape index (κ2) is 13.5. The fourth-order valence-corrected chi connectivity index (χ4v) is 5.48. The van der Waals surface area contributed by atoms with Gasteiger partial charge in [0.05, 0.1) is 17.7 Å². The van der Waals surface area contributed by atoms with E-state index in [-0.39, 0.29) is 17.3 Å². The molecule has 10 heteroatoms. The van der Waals surface area contributed by atoms with Crippen molar-refractivity contribution in [2.75, 3.05) is 24.5 Å². The van der Waals surface area contributed by atoms with Gasteiger partial charge in [-0.3, -0.25) is 13.9 Å². The quantitative estimate of drug-likeness (QED) is 0.337. The van der Waals surface area contributed by atoms with Gasteiger partial charge in [-0.05, 0) is 79.9 Å². The number of sulfonamides is 1. The van der Waals surface area contributed by atoms with Gasteiger partial charge in [-0.2, -0.15) is 0 Å². The van der Waals surface area contributed by atoms with E-state index in [0.29, 0.717) is 23.0 Å². The Morgan fingerprint density at radius 1 is 1.03 bits per heavy atom. The average molecular weight is 572 g/mol. The molecule has 8 nitrogen and oxygen atoms in total. The Hall–Kier alpha value is -3.56. The molecule has 0 fully saturated rings. The minimum Gasteiger partial charge on any atom is -0.497 e. The Bertz CT molecular complexity index is 1380. The summed E-state index contributed by atoms with van der Waals surface area (Å²) in [6.45, 7) is 5.48. The van der Waals surface area contributed by atoms with Crippen molar-refractivity contribution >= 4 is 39.1 Å². The van der Waals surface area contributed by atoms with Crippen molar-refractivity contribution in [1.82, 2.24) is 10.2 Å². The third kappa shape index (κ3) is 7.74. The highest BCUT2D eigenvalue weighted by atomic mass is 35.5. The van der Waals surface area contributed by atoms with Crippen LogP contribution in [0.2, 0.25) is 5.02 Å². The van der Waals surface area contributed by atoms with Gasteiger partial charge in [-0.15, -0.1) is 0 Å². The lowest BCUT2D eigenvalue weighted by molar-refractivity contribution is -0.139. The van der Waals surface area contributed by atoms with Gasteiger partial charge in [0.25, 0.3) is 10.0 Å². The number of benzene rings is 3. The predicted octanol–water partition coefficient (Wildman–Crippen LogP) is 4.80. The number of aryl methyl sites for hydroxylation is 1. The first kappa shape index (κ1) is 30.0. The molecule has 0 aliphatic rings. The molecule has 0 spiro atoms. The fraction of sp³-hybridized carbons (Fsp3) is 0.310. The third-order valence-corrected chi connectivity index (χ3v) is 8.24. The highest BCUT2D eigenvalue weighted by molar-refractivity contribution is 7.92.